The molecule has 1 N–H and O–H groups in total. The van der Waals surface area contributed by atoms with Crippen LogP contribution in [0.4, 0.5) is 0 Å². The van der Waals surface area contributed by atoms with Gasteiger partial charge in [0.2, 0.25) is 11.7 Å². The Morgan fingerprint density at radius 3 is 2.70 bits per heavy atom. The number of hydrogen-bond acceptors (Lipinski definition) is 6. The minimum atomic E-state index is -0.625. The zero-order valence-corrected chi connectivity index (χ0v) is 15.6. The molecule has 7 nitrogen and oxygen atoms in total. The van der Waals surface area contributed by atoms with E-state index in [1.54, 1.807) is 12.1 Å². The highest BCUT2D eigenvalue weighted by molar-refractivity contribution is 6.01. The molecule has 0 bridgehead atoms. The number of ether oxygens (including phenoxy) is 2. The monoisotopic (exact) mass is 370 g/mol. The number of benzene rings is 1. The predicted molar refractivity (Wildman–Crippen MR) is 99.3 cm³/mol. The van der Waals surface area contributed by atoms with Crippen LogP contribution in [0, 0.1) is 25.2 Å². The van der Waals surface area contributed by atoms with E-state index >= 15 is 0 Å². The zero-order valence-electron chi connectivity index (χ0n) is 15.6. The molecule has 0 aliphatic rings. The second kappa shape index (κ2) is 9.01. The van der Waals surface area contributed by atoms with Crippen LogP contribution in [0.25, 0.3) is 0 Å². The number of Topliss-reactive ketones (excluding diaryl/α,β-unsaturated/α-hetero) is 1. The van der Waals surface area contributed by atoms with E-state index in [0.717, 1.165) is 10.1 Å². The number of carbonyl (C=O) groups is 1. The lowest BCUT2D eigenvalue weighted by Crippen LogP contribution is -2.28. The normalized spacial score (nSPS) is 10.4. The third-order valence-electron chi connectivity index (χ3n) is 4.17. The minimum absolute atomic E-state index is 0.0729. The number of aromatic nitrogens is 1. The standard InChI is InChI=1S/C20H22N2O5/c1-13-6-4-7-15(10-13)27-12-17(23)18-14(2)16(11-21)19(24)22(20(18)25)8-5-9-26-3/h4,6-7,10,25H,5,8-9,12H2,1-3H3. The molecule has 142 valence electrons. The molecule has 0 saturated heterocycles. The van der Waals surface area contributed by atoms with Crippen molar-refractivity contribution >= 4 is 5.78 Å². The summed E-state index contributed by atoms with van der Waals surface area (Å²) in [5, 5.41) is 19.8. The molecule has 0 saturated carbocycles. The molecule has 27 heavy (non-hydrogen) atoms. The van der Waals surface area contributed by atoms with Gasteiger partial charge in [-0.05, 0) is 43.5 Å². The first kappa shape index (κ1) is 20.2. The number of methoxy groups -OCH3 is 1. The number of aromatic hydroxyl groups is 1. The molecule has 0 aliphatic carbocycles. The highest BCUT2D eigenvalue weighted by atomic mass is 16.5. The van der Waals surface area contributed by atoms with Crippen LogP contribution in [0.3, 0.4) is 0 Å². The largest absolute Gasteiger partial charge is 0.494 e. The van der Waals surface area contributed by atoms with Crippen molar-refractivity contribution < 1.29 is 19.4 Å². The Bertz CT molecular complexity index is 941. The van der Waals surface area contributed by atoms with Gasteiger partial charge in [-0.1, -0.05) is 12.1 Å². The van der Waals surface area contributed by atoms with Crippen LogP contribution in [0.15, 0.2) is 29.1 Å². The fourth-order valence-electron chi connectivity index (χ4n) is 2.79. The average Bonchev–Trinajstić information content (AvgIpc) is 2.63. The Labute approximate surface area is 157 Å². The summed E-state index contributed by atoms with van der Waals surface area (Å²) >= 11 is 0. The number of pyridine rings is 1. The number of ketones is 1. The molecule has 0 radical (unpaired) electrons. The SMILES string of the molecule is COCCCn1c(O)c(C(=O)COc2cccc(C)c2)c(C)c(C#N)c1=O. The molecule has 1 aromatic carbocycles. The smallest absolute Gasteiger partial charge is 0.271 e. The molecular formula is C20H22N2O5. The van der Waals surface area contributed by atoms with Gasteiger partial charge in [0.15, 0.2) is 6.61 Å². The van der Waals surface area contributed by atoms with Crippen molar-refractivity contribution in [2.75, 3.05) is 20.3 Å². The van der Waals surface area contributed by atoms with Crippen molar-refractivity contribution in [3.8, 4) is 17.7 Å². The van der Waals surface area contributed by atoms with Gasteiger partial charge in [-0.25, -0.2) is 0 Å². The summed E-state index contributed by atoms with van der Waals surface area (Å²) in [6, 6.07) is 9.04. The van der Waals surface area contributed by atoms with E-state index in [0.29, 0.717) is 18.8 Å². The van der Waals surface area contributed by atoms with Gasteiger partial charge in [0.1, 0.15) is 17.4 Å². The number of nitrogens with zero attached hydrogens (tertiary/aromatic N) is 2. The lowest BCUT2D eigenvalue weighted by Gasteiger charge is -2.15. The van der Waals surface area contributed by atoms with E-state index in [-0.39, 0.29) is 29.8 Å². The Hall–Kier alpha value is -3.11. The predicted octanol–water partition coefficient (Wildman–Crippen LogP) is 2.34. The Morgan fingerprint density at radius 2 is 2.07 bits per heavy atom. The quantitative estimate of drug-likeness (QED) is 0.565. The molecule has 2 rings (SSSR count). The number of rotatable bonds is 8. The minimum Gasteiger partial charge on any atom is -0.494 e. The highest BCUT2D eigenvalue weighted by Gasteiger charge is 2.24. The summed E-state index contributed by atoms with van der Waals surface area (Å²) in [6.07, 6.45) is 0.450. The molecule has 0 fully saturated rings. The molecule has 0 spiro atoms. The fourth-order valence-corrected chi connectivity index (χ4v) is 2.79. The molecule has 0 aliphatic heterocycles. The van der Waals surface area contributed by atoms with E-state index in [1.807, 2.05) is 25.1 Å². The topological polar surface area (TPSA) is 102 Å². The zero-order chi connectivity index (χ0) is 20.0. The first-order chi connectivity index (χ1) is 12.9. The fraction of sp³-hybridized carbons (Fsp3) is 0.350. The van der Waals surface area contributed by atoms with Gasteiger partial charge in [0.05, 0.1) is 5.56 Å². The first-order valence-corrected chi connectivity index (χ1v) is 8.48. The van der Waals surface area contributed by atoms with Crippen LogP contribution < -0.4 is 10.3 Å². The van der Waals surface area contributed by atoms with Crippen molar-refractivity contribution in [1.82, 2.24) is 4.57 Å². The lowest BCUT2D eigenvalue weighted by atomic mass is 10.0. The molecule has 2 aromatic rings. The van der Waals surface area contributed by atoms with Gasteiger partial charge in [-0.2, -0.15) is 5.26 Å². The molecule has 1 heterocycles. The second-order valence-corrected chi connectivity index (χ2v) is 6.14. The molecule has 1 aromatic heterocycles. The van der Waals surface area contributed by atoms with Crippen molar-refractivity contribution in [3.05, 3.63) is 56.9 Å². The molecule has 0 unspecified atom stereocenters. The van der Waals surface area contributed by atoms with Crippen molar-refractivity contribution in [2.24, 2.45) is 0 Å². The third kappa shape index (κ3) is 4.54. The van der Waals surface area contributed by atoms with Crippen LogP contribution in [0.1, 0.15) is 33.5 Å². The number of carbonyl (C=O) groups excluding carboxylic acids is 1. The summed E-state index contributed by atoms with van der Waals surface area (Å²) in [5.74, 6) is -0.441. The van der Waals surface area contributed by atoms with Gasteiger partial charge in [0.25, 0.3) is 5.56 Å². The number of nitriles is 1. The Kier molecular flexibility index (Phi) is 6.74. The molecule has 7 heteroatoms. The maximum absolute atomic E-state index is 12.7. The summed E-state index contributed by atoms with van der Waals surface area (Å²) in [6.45, 7) is 3.56. The maximum Gasteiger partial charge on any atom is 0.271 e. The lowest BCUT2D eigenvalue weighted by molar-refractivity contribution is 0.0916. The molecular weight excluding hydrogens is 348 g/mol. The summed E-state index contributed by atoms with van der Waals surface area (Å²) in [7, 11) is 1.52. The number of hydrogen-bond donors (Lipinski definition) is 1. The van der Waals surface area contributed by atoms with Gasteiger partial charge in [-0.15, -0.1) is 0 Å². The van der Waals surface area contributed by atoms with E-state index in [1.165, 1.54) is 14.0 Å². The van der Waals surface area contributed by atoms with Crippen molar-refractivity contribution in [3.63, 3.8) is 0 Å². The maximum atomic E-state index is 12.7. The van der Waals surface area contributed by atoms with E-state index in [4.69, 9.17) is 9.47 Å². The van der Waals surface area contributed by atoms with E-state index < -0.39 is 17.2 Å². The molecule has 0 atom stereocenters. The third-order valence-corrected chi connectivity index (χ3v) is 4.17. The number of aryl methyl sites for hydroxylation is 1. The molecule has 0 amide bonds. The van der Waals surface area contributed by atoms with Crippen molar-refractivity contribution in [2.45, 2.75) is 26.8 Å². The average molecular weight is 370 g/mol. The van der Waals surface area contributed by atoms with E-state index in [2.05, 4.69) is 0 Å². The first-order valence-electron chi connectivity index (χ1n) is 8.48. The van der Waals surface area contributed by atoms with Gasteiger partial charge < -0.3 is 14.6 Å². The summed E-state index contributed by atoms with van der Waals surface area (Å²) < 4.78 is 11.5. The van der Waals surface area contributed by atoms with Crippen LogP contribution >= 0.6 is 0 Å². The van der Waals surface area contributed by atoms with Crippen LogP contribution in [0.2, 0.25) is 0 Å². The Balaban J connectivity index is 2.36. The van der Waals surface area contributed by atoms with E-state index in [9.17, 15) is 20.0 Å². The van der Waals surface area contributed by atoms with Crippen LogP contribution in [0.5, 0.6) is 11.6 Å². The van der Waals surface area contributed by atoms with Crippen molar-refractivity contribution in [1.29, 1.82) is 5.26 Å². The van der Waals surface area contributed by atoms with Gasteiger partial charge in [-0.3, -0.25) is 14.2 Å². The van der Waals surface area contributed by atoms with Gasteiger partial charge in [0, 0.05) is 20.3 Å². The highest BCUT2D eigenvalue weighted by Crippen LogP contribution is 2.23. The van der Waals surface area contributed by atoms with Crippen LogP contribution in [-0.2, 0) is 11.3 Å². The summed E-state index contributed by atoms with van der Waals surface area (Å²) in [4.78, 5) is 25.1. The summed E-state index contributed by atoms with van der Waals surface area (Å²) in [5.41, 5.74) is 0.276. The van der Waals surface area contributed by atoms with Crippen LogP contribution in [-0.4, -0.2) is 35.8 Å². The van der Waals surface area contributed by atoms with Gasteiger partial charge >= 0.3 is 0 Å². The second-order valence-electron chi connectivity index (χ2n) is 6.14. The Morgan fingerprint density at radius 1 is 1.33 bits per heavy atom.